The van der Waals surface area contributed by atoms with Gasteiger partial charge in [0.05, 0.1) is 0 Å². The van der Waals surface area contributed by atoms with Crippen molar-refractivity contribution in [3.63, 3.8) is 0 Å². The van der Waals surface area contributed by atoms with E-state index in [9.17, 15) is 0 Å². The summed E-state index contributed by atoms with van der Waals surface area (Å²) in [4.78, 5) is 0. The summed E-state index contributed by atoms with van der Waals surface area (Å²) in [5.41, 5.74) is 4.04. The fourth-order valence-corrected chi connectivity index (χ4v) is 0.427. The third-order valence-corrected chi connectivity index (χ3v) is 2.26. The average Bonchev–Trinajstić information content (AvgIpc) is 2.00. The van der Waals surface area contributed by atoms with Crippen LogP contribution in [0.15, 0.2) is 36.5 Å². The molecule has 0 saturated carbocycles. The van der Waals surface area contributed by atoms with Crippen molar-refractivity contribution < 1.29 is 0 Å². The molecule has 0 aromatic carbocycles. The molecule has 0 N–H and O–H groups in total. The van der Waals surface area contributed by atoms with Gasteiger partial charge in [-0.3, -0.25) is 0 Å². The van der Waals surface area contributed by atoms with Crippen molar-refractivity contribution >= 4 is 0 Å². The van der Waals surface area contributed by atoms with Crippen LogP contribution in [-0.4, -0.2) is 0 Å². The molecule has 0 heteroatoms. The standard InChI is InChI=1S/C8H14.C7H14/c1-7(2)5-6-8(3)4;1-6(2)7(3,4)5/h1,3,5-6H2,2,4H3;1H2,2-5H3. The molecule has 15 heavy (non-hydrogen) atoms. The lowest BCUT2D eigenvalue weighted by Gasteiger charge is -2.16. The van der Waals surface area contributed by atoms with E-state index in [2.05, 4.69) is 47.4 Å². The van der Waals surface area contributed by atoms with Crippen LogP contribution in [0.5, 0.6) is 0 Å². The Morgan fingerprint density at radius 3 is 1.07 bits per heavy atom. The van der Waals surface area contributed by atoms with Crippen molar-refractivity contribution in [2.24, 2.45) is 5.41 Å². The van der Waals surface area contributed by atoms with Crippen molar-refractivity contribution in [1.29, 1.82) is 0 Å². The van der Waals surface area contributed by atoms with Gasteiger partial charge >= 0.3 is 0 Å². The van der Waals surface area contributed by atoms with Gasteiger partial charge in [-0.1, -0.05) is 44.1 Å². The molecule has 0 saturated heterocycles. The van der Waals surface area contributed by atoms with Crippen LogP contribution in [0.25, 0.3) is 0 Å². The summed E-state index contributed by atoms with van der Waals surface area (Å²) in [5.74, 6) is 0. The maximum Gasteiger partial charge on any atom is -0.0178 e. The number of allylic oxidation sites excluding steroid dienone is 3. The first-order chi connectivity index (χ1) is 6.57. The predicted octanol–water partition coefficient (Wildman–Crippen LogP) is 5.53. The summed E-state index contributed by atoms with van der Waals surface area (Å²) < 4.78 is 0. The third kappa shape index (κ3) is 15.9. The Labute approximate surface area is 96.8 Å². The second kappa shape index (κ2) is 7.50. The molecule has 0 aliphatic heterocycles. The SMILES string of the molecule is C=C(C)C(C)(C)C.C=C(C)CCC(=C)C. The zero-order valence-corrected chi connectivity index (χ0v) is 11.5. The summed E-state index contributed by atoms with van der Waals surface area (Å²) in [6.07, 6.45) is 2.19. The van der Waals surface area contributed by atoms with E-state index in [1.165, 1.54) is 16.7 Å². The molecule has 0 atom stereocenters. The molecule has 0 fully saturated rings. The molecule has 0 unspecified atom stereocenters. The Bertz CT molecular complexity index is 209. The largest absolute Gasteiger partial charge is 0.100 e. The van der Waals surface area contributed by atoms with E-state index in [-0.39, 0.29) is 0 Å². The zero-order valence-electron chi connectivity index (χ0n) is 11.5. The minimum atomic E-state index is 0.306. The first kappa shape index (κ1) is 16.6. The Hall–Kier alpha value is -0.780. The minimum absolute atomic E-state index is 0.306. The van der Waals surface area contributed by atoms with Crippen LogP contribution >= 0.6 is 0 Å². The van der Waals surface area contributed by atoms with Gasteiger partial charge in [-0.2, -0.15) is 0 Å². The van der Waals surface area contributed by atoms with Crippen molar-refractivity contribution in [3.05, 3.63) is 36.5 Å². The fourth-order valence-electron chi connectivity index (χ4n) is 0.427. The van der Waals surface area contributed by atoms with Crippen molar-refractivity contribution in [2.75, 3.05) is 0 Å². The quantitative estimate of drug-likeness (QED) is 0.535. The van der Waals surface area contributed by atoms with Crippen molar-refractivity contribution in [1.82, 2.24) is 0 Å². The highest BCUT2D eigenvalue weighted by Crippen LogP contribution is 2.21. The molecule has 0 radical (unpaired) electrons. The second-order valence-corrected chi connectivity index (χ2v) is 5.44. The van der Waals surface area contributed by atoms with E-state index in [0.717, 1.165) is 12.8 Å². The molecule has 0 rings (SSSR count). The molecule has 0 spiro atoms. The van der Waals surface area contributed by atoms with E-state index in [4.69, 9.17) is 0 Å². The maximum atomic E-state index is 3.83. The lowest BCUT2D eigenvalue weighted by molar-refractivity contribution is 0.506. The Balaban J connectivity index is 0. The molecule has 0 aliphatic rings. The second-order valence-electron chi connectivity index (χ2n) is 5.44. The lowest BCUT2D eigenvalue weighted by atomic mass is 9.89. The molecule has 0 aliphatic carbocycles. The first-order valence-corrected chi connectivity index (χ1v) is 5.52. The highest BCUT2D eigenvalue weighted by atomic mass is 14.1. The first-order valence-electron chi connectivity index (χ1n) is 5.52. The van der Waals surface area contributed by atoms with E-state index < -0.39 is 0 Å². The Morgan fingerprint density at radius 1 is 0.800 bits per heavy atom. The molecule has 0 nitrogen and oxygen atoms in total. The highest BCUT2D eigenvalue weighted by molar-refractivity contribution is 5.00. The van der Waals surface area contributed by atoms with Gasteiger partial charge in [0.1, 0.15) is 0 Å². The highest BCUT2D eigenvalue weighted by Gasteiger charge is 2.08. The van der Waals surface area contributed by atoms with Crippen molar-refractivity contribution in [2.45, 2.75) is 54.4 Å². The normalized spacial score (nSPS) is 10.0. The lowest BCUT2D eigenvalue weighted by Crippen LogP contribution is -2.04. The zero-order chi connectivity index (χ0) is 12.6. The van der Waals surface area contributed by atoms with Crippen LogP contribution in [0.4, 0.5) is 0 Å². The summed E-state index contributed by atoms with van der Waals surface area (Å²) in [7, 11) is 0. The fraction of sp³-hybridized carbons (Fsp3) is 0.600. The monoisotopic (exact) mass is 208 g/mol. The van der Waals surface area contributed by atoms with Crippen LogP contribution in [0.1, 0.15) is 54.4 Å². The van der Waals surface area contributed by atoms with Gasteiger partial charge in [-0.25, -0.2) is 0 Å². The number of rotatable bonds is 3. The predicted molar refractivity (Wildman–Crippen MR) is 73.1 cm³/mol. The number of hydrogen-bond acceptors (Lipinski definition) is 0. The van der Waals surface area contributed by atoms with Gasteiger partial charge in [0.2, 0.25) is 0 Å². The van der Waals surface area contributed by atoms with E-state index in [0.29, 0.717) is 5.41 Å². The van der Waals surface area contributed by atoms with Crippen LogP contribution in [0.2, 0.25) is 0 Å². The summed E-state index contributed by atoms with van der Waals surface area (Å²) in [6, 6.07) is 0. The summed E-state index contributed by atoms with van der Waals surface area (Å²) >= 11 is 0. The average molecular weight is 208 g/mol. The Kier molecular flexibility index (Phi) is 8.33. The Morgan fingerprint density at radius 2 is 1.00 bits per heavy atom. The van der Waals surface area contributed by atoms with E-state index in [1.54, 1.807) is 0 Å². The van der Waals surface area contributed by atoms with Gasteiger partial charge in [0, 0.05) is 0 Å². The summed E-state index contributed by atoms with van der Waals surface area (Å²) in [5, 5.41) is 0. The molecule has 0 heterocycles. The smallest absolute Gasteiger partial charge is 0.0178 e. The van der Waals surface area contributed by atoms with Gasteiger partial charge in [-0.05, 0) is 39.0 Å². The van der Waals surface area contributed by atoms with Gasteiger partial charge < -0.3 is 0 Å². The van der Waals surface area contributed by atoms with Gasteiger partial charge in [0.25, 0.3) is 0 Å². The van der Waals surface area contributed by atoms with Crippen molar-refractivity contribution in [3.8, 4) is 0 Å². The van der Waals surface area contributed by atoms with E-state index >= 15 is 0 Å². The number of hydrogen-bond donors (Lipinski definition) is 0. The molecule has 88 valence electrons. The van der Waals surface area contributed by atoms with E-state index in [1.807, 2.05) is 13.8 Å². The molecule has 0 bridgehead atoms. The van der Waals surface area contributed by atoms with Crippen LogP contribution < -0.4 is 0 Å². The summed E-state index contributed by atoms with van der Waals surface area (Å²) in [6.45, 7) is 24.0. The third-order valence-electron chi connectivity index (χ3n) is 2.26. The van der Waals surface area contributed by atoms with Gasteiger partial charge in [0.15, 0.2) is 0 Å². The van der Waals surface area contributed by atoms with Crippen LogP contribution in [0.3, 0.4) is 0 Å². The molecular formula is C15H28. The molecule has 0 aromatic heterocycles. The van der Waals surface area contributed by atoms with Crippen LogP contribution in [0, 0.1) is 5.41 Å². The van der Waals surface area contributed by atoms with Gasteiger partial charge in [-0.15, -0.1) is 13.2 Å². The molecule has 0 amide bonds. The molecular weight excluding hydrogens is 180 g/mol. The maximum absolute atomic E-state index is 3.83. The molecule has 0 aromatic rings. The topological polar surface area (TPSA) is 0 Å². The van der Waals surface area contributed by atoms with Crippen LogP contribution in [-0.2, 0) is 0 Å². The minimum Gasteiger partial charge on any atom is -0.100 e.